The molecule has 0 rings (SSSR count). The molecule has 76 heavy (non-hydrogen) atoms. The molecule has 0 saturated heterocycles. The summed E-state index contributed by atoms with van der Waals surface area (Å²) in [5.41, 5.74) is 0. The molecule has 0 aromatic carbocycles. The van der Waals surface area contributed by atoms with Gasteiger partial charge in [0.25, 0.3) is 0 Å². The van der Waals surface area contributed by atoms with Gasteiger partial charge in [0.05, 0.1) is 0 Å². The highest BCUT2D eigenvalue weighted by Gasteiger charge is 2.19. The molecule has 0 aromatic heterocycles. The van der Waals surface area contributed by atoms with Gasteiger partial charge in [-0.2, -0.15) is 0 Å². The second-order valence-corrected chi connectivity index (χ2v) is 19.8. The molecule has 6 heteroatoms. The maximum Gasteiger partial charge on any atom is 0.306 e. The van der Waals surface area contributed by atoms with Crippen LogP contribution in [0.25, 0.3) is 0 Å². The molecule has 0 spiro atoms. The zero-order chi connectivity index (χ0) is 55.0. The third kappa shape index (κ3) is 60.2. The quantitative estimate of drug-likeness (QED) is 0.0261. The highest BCUT2D eigenvalue weighted by Crippen LogP contribution is 2.14. The Bertz CT molecular complexity index is 1680. The minimum absolute atomic E-state index is 0.102. The van der Waals surface area contributed by atoms with E-state index < -0.39 is 6.10 Å². The van der Waals surface area contributed by atoms with Crippen LogP contribution >= 0.6 is 0 Å². The first-order valence-electron chi connectivity index (χ1n) is 30.8. The van der Waals surface area contributed by atoms with Gasteiger partial charge in [-0.25, -0.2) is 0 Å². The Kier molecular flexibility index (Phi) is 58.9. The first-order chi connectivity index (χ1) is 37.5. The van der Waals surface area contributed by atoms with E-state index in [1.54, 1.807) is 0 Å². The third-order valence-electron chi connectivity index (χ3n) is 12.6. The topological polar surface area (TPSA) is 78.9 Å². The lowest BCUT2D eigenvalue weighted by Crippen LogP contribution is -2.30. The van der Waals surface area contributed by atoms with Crippen molar-refractivity contribution in [1.82, 2.24) is 0 Å². The molecule has 6 nitrogen and oxygen atoms in total. The van der Waals surface area contributed by atoms with Gasteiger partial charge in [0, 0.05) is 19.3 Å². The van der Waals surface area contributed by atoms with Gasteiger partial charge in [0.2, 0.25) is 0 Å². The van der Waals surface area contributed by atoms with Crippen LogP contribution in [0.3, 0.4) is 0 Å². The van der Waals surface area contributed by atoms with Gasteiger partial charge in [-0.15, -0.1) is 0 Å². The third-order valence-corrected chi connectivity index (χ3v) is 12.6. The molecule has 0 amide bonds. The van der Waals surface area contributed by atoms with E-state index in [9.17, 15) is 14.4 Å². The molecule has 0 fully saturated rings. The molecular weight excluding hydrogens is 937 g/mol. The molecular formula is C70H112O6. The maximum atomic E-state index is 12.9. The van der Waals surface area contributed by atoms with Gasteiger partial charge in [-0.3, -0.25) is 14.4 Å². The van der Waals surface area contributed by atoms with Gasteiger partial charge in [0.15, 0.2) is 6.10 Å². The number of carbonyl (C=O) groups excluding carboxylic acids is 3. The number of esters is 3. The van der Waals surface area contributed by atoms with E-state index in [0.717, 1.165) is 167 Å². The van der Waals surface area contributed by atoms with Gasteiger partial charge >= 0.3 is 17.9 Å². The average Bonchev–Trinajstić information content (AvgIpc) is 3.42. The minimum Gasteiger partial charge on any atom is -0.462 e. The lowest BCUT2D eigenvalue weighted by molar-refractivity contribution is -0.167. The van der Waals surface area contributed by atoms with Gasteiger partial charge in [-0.05, 0) is 135 Å². The van der Waals surface area contributed by atoms with Crippen molar-refractivity contribution in [3.63, 3.8) is 0 Å². The SMILES string of the molecule is CC/C=C\C/C=C\C/C=C\C/C=C\C/C=C\C/C=C\CCCCCCC(=O)OCC(COC(=O)CCCCCCC/C=C\C/C=C\CCCC)OC(=O)CCCCCCCCCC/C=C\C/C=C\C/C=C\C/C=C\CC. The van der Waals surface area contributed by atoms with Crippen LogP contribution in [0.15, 0.2) is 146 Å². The van der Waals surface area contributed by atoms with E-state index in [4.69, 9.17) is 14.2 Å². The molecule has 1 unspecified atom stereocenters. The van der Waals surface area contributed by atoms with E-state index in [1.165, 1.54) is 51.4 Å². The number of hydrogen-bond acceptors (Lipinski definition) is 6. The Balaban J connectivity index is 4.47. The van der Waals surface area contributed by atoms with E-state index in [1.807, 2.05) is 0 Å². The molecule has 1 atom stereocenters. The van der Waals surface area contributed by atoms with Crippen LogP contribution in [0.4, 0.5) is 0 Å². The highest BCUT2D eigenvalue weighted by molar-refractivity contribution is 5.71. The Morgan fingerprint density at radius 1 is 0.276 bits per heavy atom. The van der Waals surface area contributed by atoms with Gasteiger partial charge in [0.1, 0.15) is 13.2 Å². The van der Waals surface area contributed by atoms with Crippen molar-refractivity contribution < 1.29 is 28.6 Å². The van der Waals surface area contributed by atoms with Crippen LogP contribution in [-0.4, -0.2) is 37.2 Å². The molecule has 0 radical (unpaired) electrons. The predicted octanol–water partition coefficient (Wildman–Crippen LogP) is 21.2. The predicted molar refractivity (Wildman–Crippen MR) is 329 cm³/mol. The van der Waals surface area contributed by atoms with Gasteiger partial charge < -0.3 is 14.2 Å². The molecule has 0 N–H and O–H groups in total. The Morgan fingerprint density at radius 3 is 0.803 bits per heavy atom. The zero-order valence-electron chi connectivity index (χ0n) is 49.0. The van der Waals surface area contributed by atoms with Gasteiger partial charge in [-0.1, -0.05) is 250 Å². The fraction of sp³-hybridized carbons (Fsp3) is 0.614. The summed E-state index contributed by atoms with van der Waals surface area (Å²) >= 11 is 0. The first-order valence-corrected chi connectivity index (χ1v) is 30.8. The van der Waals surface area contributed by atoms with E-state index >= 15 is 0 Å². The summed E-state index contributed by atoms with van der Waals surface area (Å²) in [4.78, 5) is 38.3. The maximum absolute atomic E-state index is 12.9. The summed E-state index contributed by atoms with van der Waals surface area (Å²) in [7, 11) is 0. The summed E-state index contributed by atoms with van der Waals surface area (Å²) in [6.45, 7) is 6.33. The Labute approximate surface area is 467 Å². The molecule has 0 aromatic rings. The molecule has 0 aliphatic heterocycles. The fourth-order valence-corrected chi connectivity index (χ4v) is 7.98. The summed E-state index contributed by atoms with van der Waals surface area (Å²) in [5.74, 6) is -0.951. The molecule has 0 aliphatic carbocycles. The number of unbranched alkanes of at least 4 members (excludes halogenated alkanes) is 19. The standard InChI is InChI=1S/C70H112O6/c1-4-7-10-13-16-19-22-25-28-30-32-34-35-37-38-40-42-45-48-51-54-57-60-63-69(72)75-66-67(65-74-68(71)62-59-56-53-50-47-44-27-24-21-18-15-12-9-6-3)76-70(73)64-61-58-55-52-49-46-43-41-39-36-33-31-29-26-23-20-17-14-11-8-5-2/h7-8,10-11,15-20,24-29,32-34,36-38,42,45,67H,4-6,9,12-14,21-23,30-31,35,39-41,43-44,46-66H2,1-3H3/b10-7-,11-8-,18-15-,19-16-,20-17-,27-24-,28-25-,29-26-,34-32-,36-33-,38-37-,45-42-. The number of allylic oxidation sites excluding steroid dienone is 24. The lowest BCUT2D eigenvalue weighted by atomic mass is 10.1. The Morgan fingerprint density at radius 2 is 0.513 bits per heavy atom. The van der Waals surface area contributed by atoms with Crippen LogP contribution < -0.4 is 0 Å². The van der Waals surface area contributed by atoms with Crippen LogP contribution in [-0.2, 0) is 28.6 Å². The lowest BCUT2D eigenvalue weighted by Gasteiger charge is -2.18. The van der Waals surface area contributed by atoms with E-state index in [2.05, 4.69) is 167 Å². The number of ether oxygens (including phenoxy) is 3. The van der Waals surface area contributed by atoms with Crippen molar-refractivity contribution in [2.45, 2.75) is 264 Å². The van der Waals surface area contributed by atoms with E-state index in [0.29, 0.717) is 19.3 Å². The van der Waals surface area contributed by atoms with Crippen molar-refractivity contribution >= 4 is 17.9 Å². The molecule has 428 valence electrons. The van der Waals surface area contributed by atoms with Crippen molar-refractivity contribution in [1.29, 1.82) is 0 Å². The second-order valence-electron chi connectivity index (χ2n) is 19.8. The van der Waals surface area contributed by atoms with Crippen LogP contribution in [0.5, 0.6) is 0 Å². The number of hydrogen-bond donors (Lipinski definition) is 0. The zero-order valence-corrected chi connectivity index (χ0v) is 49.0. The van der Waals surface area contributed by atoms with Crippen molar-refractivity contribution in [3.05, 3.63) is 146 Å². The Hall–Kier alpha value is -4.71. The largest absolute Gasteiger partial charge is 0.462 e. The number of rotatable bonds is 54. The minimum atomic E-state index is -0.807. The van der Waals surface area contributed by atoms with Crippen molar-refractivity contribution in [3.8, 4) is 0 Å². The highest BCUT2D eigenvalue weighted by atomic mass is 16.6. The summed E-state index contributed by atoms with van der Waals surface area (Å²) in [6.07, 6.45) is 89.8. The van der Waals surface area contributed by atoms with Crippen molar-refractivity contribution in [2.75, 3.05) is 13.2 Å². The molecule has 0 aliphatic rings. The van der Waals surface area contributed by atoms with Crippen molar-refractivity contribution in [2.24, 2.45) is 0 Å². The first kappa shape index (κ1) is 71.3. The van der Waals surface area contributed by atoms with E-state index in [-0.39, 0.29) is 31.1 Å². The monoisotopic (exact) mass is 1050 g/mol. The van der Waals surface area contributed by atoms with Crippen LogP contribution in [0.1, 0.15) is 258 Å². The average molecular weight is 1050 g/mol. The number of carbonyl (C=O) groups is 3. The normalized spacial score (nSPS) is 13.1. The summed E-state index contributed by atoms with van der Waals surface area (Å²) in [6, 6.07) is 0. The molecule has 0 bridgehead atoms. The molecule has 0 saturated carbocycles. The van der Waals surface area contributed by atoms with Crippen LogP contribution in [0.2, 0.25) is 0 Å². The summed E-state index contributed by atoms with van der Waals surface area (Å²) < 4.78 is 16.9. The fourth-order valence-electron chi connectivity index (χ4n) is 7.98. The van der Waals surface area contributed by atoms with Crippen LogP contribution in [0, 0.1) is 0 Å². The smallest absolute Gasteiger partial charge is 0.306 e. The molecule has 0 heterocycles. The summed E-state index contributed by atoms with van der Waals surface area (Å²) in [5, 5.41) is 0. The second kappa shape index (κ2) is 62.8.